The molecule has 1 heterocycles. The zero-order chi connectivity index (χ0) is 19.5. The van der Waals surface area contributed by atoms with Crippen LogP contribution in [0.4, 0.5) is 5.69 Å². The summed E-state index contributed by atoms with van der Waals surface area (Å²) in [7, 11) is 2.06. The van der Waals surface area contributed by atoms with E-state index in [4.69, 9.17) is 4.98 Å². The van der Waals surface area contributed by atoms with E-state index in [1.165, 1.54) is 5.56 Å². The number of imidazole rings is 1. The number of rotatable bonds is 5. The number of fused-ring (bicyclic) bond motifs is 1. The van der Waals surface area contributed by atoms with E-state index < -0.39 is 0 Å². The number of aromatic nitrogens is 2. The Morgan fingerprint density at radius 1 is 0.929 bits per heavy atom. The minimum absolute atomic E-state index is 0.0903. The first-order valence-corrected chi connectivity index (χ1v) is 9.47. The van der Waals surface area contributed by atoms with E-state index in [9.17, 15) is 4.79 Å². The van der Waals surface area contributed by atoms with Gasteiger partial charge in [0.15, 0.2) is 0 Å². The lowest BCUT2D eigenvalue weighted by molar-refractivity contribution is 0.102. The maximum atomic E-state index is 12.3. The van der Waals surface area contributed by atoms with Crippen LogP contribution in [-0.4, -0.2) is 15.5 Å². The van der Waals surface area contributed by atoms with Gasteiger partial charge in [-0.2, -0.15) is 0 Å². The van der Waals surface area contributed by atoms with Crippen molar-refractivity contribution >= 4 is 22.6 Å². The lowest BCUT2D eigenvalue weighted by atomic mass is 10.1. The van der Waals surface area contributed by atoms with Crippen molar-refractivity contribution < 1.29 is 4.79 Å². The molecule has 3 aromatic carbocycles. The number of anilines is 1. The standard InChI is InChI=1S/C24H23N3O/c1-17-7-12-19(13-8-17)24(28)25-20-14-9-18(10-15-20)11-16-23-26-21-5-3-4-6-22(21)27(23)2/h3-10,12-15H,11,16H2,1-2H3,(H,25,28). The number of benzene rings is 3. The zero-order valence-corrected chi connectivity index (χ0v) is 16.1. The Balaban J connectivity index is 1.39. The summed E-state index contributed by atoms with van der Waals surface area (Å²) >= 11 is 0. The molecule has 0 bridgehead atoms. The number of aryl methyl sites for hydroxylation is 4. The van der Waals surface area contributed by atoms with Gasteiger partial charge in [-0.15, -0.1) is 0 Å². The average molecular weight is 369 g/mol. The summed E-state index contributed by atoms with van der Waals surface area (Å²) in [6.45, 7) is 2.01. The van der Waals surface area contributed by atoms with E-state index in [1.54, 1.807) is 0 Å². The van der Waals surface area contributed by atoms with E-state index in [2.05, 4.69) is 35.1 Å². The molecule has 140 valence electrons. The number of carbonyl (C=O) groups excluding carboxylic acids is 1. The maximum Gasteiger partial charge on any atom is 0.255 e. The third kappa shape index (κ3) is 3.81. The van der Waals surface area contributed by atoms with E-state index >= 15 is 0 Å². The summed E-state index contributed by atoms with van der Waals surface area (Å²) in [5.74, 6) is 0.991. The predicted octanol–water partition coefficient (Wildman–Crippen LogP) is 4.92. The number of nitrogens with zero attached hydrogens (tertiary/aromatic N) is 2. The van der Waals surface area contributed by atoms with Gasteiger partial charge in [0.2, 0.25) is 0 Å². The van der Waals surface area contributed by atoms with Gasteiger partial charge in [-0.05, 0) is 55.3 Å². The van der Waals surface area contributed by atoms with Gasteiger partial charge in [-0.1, -0.05) is 42.0 Å². The Labute approximate surface area is 164 Å². The molecule has 0 aliphatic rings. The summed E-state index contributed by atoms with van der Waals surface area (Å²) in [6.07, 6.45) is 1.78. The predicted molar refractivity (Wildman–Crippen MR) is 114 cm³/mol. The summed E-state index contributed by atoms with van der Waals surface area (Å²) in [4.78, 5) is 17.1. The highest BCUT2D eigenvalue weighted by Crippen LogP contribution is 2.17. The zero-order valence-electron chi connectivity index (χ0n) is 16.1. The van der Waals surface area contributed by atoms with Crippen molar-refractivity contribution in [1.29, 1.82) is 0 Å². The van der Waals surface area contributed by atoms with Crippen molar-refractivity contribution in [2.75, 3.05) is 5.32 Å². The molecular weight excluding hydrogens is 346 g/mol. The number of nitrogens with one attached hydrogen (secondary N) is 1. The lowest BCUT2D eigenvalue weighted by Crippen LogP contribution is -2.11. The Kier molecular flexibility index (Phi) is 4.94. The fraction of sp³-hybridized carbons (Fsp3) is 0.167. The van der Waals surface area contributed by atoms with E-state index in [0.29, 0.717) is 5.56 Å². The third-order valence-corrected chi connectivity index (χ3v) is 5.04. The van der Waals surface area contributed by atoms with Crippen LogP contribution in [0.3, 0.4) is 0 Å². The molecule has 1 amide bonds. The van der Waals surface area contributed by atoms with Crippen LogP contribution in [0.1, 0.15) is 27.3 Å². The third-order valence-electron chi connectivity index (χ3n) is 5.04. The first-order chi connectivity index (χ1) is 13.6. The molecule has 1 aromatic heterocycles. The number of para-hydroxylation sites is 2. The second-order valence-corrected chi connectivity index (χ2v) is 7.09. The molecule has 0 aliphatic heterocycles. The number of carbonyl (C=O) groups is 1. The van der Waals surface area contributed by atoms with Gasteiger partial charge >= 0.3 is 0 Å². The molecule has 0 saturated carbocycles. The highest BCUT2D eigenvalue weighted by molar-refractivity contribution is 6.04. The fourth-order valence-electron chi connectivity index (χ4n) is 3.34. The number of amides is 1. The summed E-state index contributed by atoms with van der Waals surface area (Å²) < 4.78 is 2.16. The van der Waals surface area contributed by atoms with Crippen LogP contribution in [0, 0.1) is 6.92 Å². The maximum absolute atomic E-state index is 12.3. The Morgan fingerprint density at radius 2 is 1.64 bits per heavy atom. The van der Waals surface area contributed by atoms with Gasteiger partial charge in [-0.25, -0.2) is 4.98 Å². The molecule has 0 unspecified atom stereocenters. The molecular formula is C24H23N3O. The van der Waals surface area contributed by atoms with Crippen LogP contribution >= 0.6 is 0 Å². The first kappa shape index (κ1) is 18.0. The van der Waals surface area contributed by atoms with Crippen molar-refractivity contribution in [3.63, 3.8) is 0 Å². The molecule has 0 atom stereocenters. The van der Waals surface area contributed by atoms with Gasteiger partial charge < -0.3 is 9.88 Å². The minimum Gasteiger partial charge on any atom is -0.331 e. The minimum atomic E-state index is -0.0903. The molecule has 4 heteroatoms. The molecule has 28 heavy (non-hydrogen) atoms. The summed E-state index contributed by atoms with van der Waals surface area (Å²) in [5.41, 5.74) is 6.02. The quantitative estimate of drug-likeness (QED) is 0.543. The van der Waals surface area contributed by atoms with Crippen LogP contribution < -0.4 is 5.32 Å². The van der Waals surface area contributed by atoms with Crippen molar-refractivity contribution in [1.82, 2.24) is 9.55 Å². The molecule has 4 aromatic rings. The van der Waals surface area contributed by atoms with Crippen LogP contribution in [0.15, 0.2) is 72.8 Å². The van der Waals surface area contributed by atoms with Gasteiger partial charge in [-0.3, -0.25) is 4.79 Å². The Morgan fingerprint density at radius 3 is 2.36 bits per heavy atom. The second kappa shape index (κ2) is 7.69. The van der Waals surface area contributed by atoms with Crippen molar-refractivity contribution in [3.05, 3.63) is 95.3 Å². The van der Waals surface area contributed by atoms with Gasteiger partial charge in [0, 0.05) is 24.7 Å². The van der Waals surface area contributed by atoms with Crippen molar-refractivity contribution in [2.24, 2.45) is 7.05 Å². The van der Waals surface area contributed by atoms with E-state index in [1.807, 2.05) is 61.5 Å². The first-order valence-electron chi connectivity index (χ1n) is 9.47. The van der Waals surface area contributed by atoms with Crippen LogP contribution in [0.5, 0.6) is 0 Å². The molecule has 4 rings (SSSR count). The highest BCUT2D eigenvalue weighted by Gasteiger charge is 2.08. The highest BCUT2D eigenvalue weighted by atomic mass is 16.1. The summed E-state index contributed by atoms with van der Waals surface area (Å²) in [6, 6.07) is 23.8. The SMILES string of the molecule is Cc1ccc(C(=O)Nc2ccc(CCc3nc4ccccc4n3C)cc2)cc1. The van der Waals surface area contributed by atoms with Crippen molar-refractivity contribution in [3.8, 4) is 0 Å². The molecule has 0 spiro atoms. The normalized spacial score (nSPS) is 10.9. The second-order valence-electron chi connectivity index (χ2n) is 7.09. The molecule has 0 fully saturated rings. The van der Waals surface area contributed by atoms with E-state index in [-0.39, 0.29) is 5.91 Å². The molecule has 1 N–H and O–H groups in total. The van der Waals surface area contributed by atoms with Crippen LogP contribution in [0.2, 0.25) is 0 Å². The molecule has 4 nitrogen and oxygen atoms in total. The largest absolute Gasteiger partial charge is 0.331 e. The van der Waals surface area contributed by atoms with Gasteiger partial charge in [0.1, 0.15) is 5.82 Å². The van der Waals surface area contributed by atoms with E-state index in [0.717, 1.165) is 41.0 Å². The lowest BCUT2D eigenvalue weighted by Gasteiger charge is -2.07. The topological polar surface area (TPSA) is 46.9 Å². The van der Waals surface area contributed by atoms with Crippen LogP contribution in [-0.2, 0) is 19.9 Å². The molecule has 0 aliphatic carbocycles. The fourth-order valence-corrected chi connectivity index (χ4v) is 3.34. The smallest absolute Gasteiger partial charge is 0.255 e. The van der Waals surface area contributed by atoms with Gasteiger partial charge in [0.25, 0.3) is 5.91 Å². The van der Waals surface area contributed by atoms with Gasteiger partial charge in [0.05, 0.1) is 11.0 Å². The average Bonchev–Trinajstić information content (AvgIpc) is 3.04. The summed E-state index contributed by atoms with van der Waals surface area (Å²) in [5, 5.41) is 2.95. The molecule has 0 radical (unpaired) electrons. The number of hydrogen-bond acceptors (Lipinski definition) is 2. The van der Waals surface area contributed by atoms with Crippen molar-refractivity contribution in [2.45, 2.75) is 19.8 Å². The Bertz CT molecular complexity index is 1110. The number of hydrogen-bond donors (Lipinski definition) is 1. The molecule has 0 saturated heterocycles. The monoisotopic (exact) mass is 369 g/mol. The Hall–Kier alpha value is -3.40. The van der Waals surface area contributed by atoms with Crippen LogP contribution in [0.25, 0.3) is 11.0 Å².